The van der Waals surface area contributed by atoms with E-state index in [1.54, 1.807) is 4.90 Å². The van der Waals surface area contributed by atoms with Crippen molar-refractivity contribution in [3.8, 4) is 0 Å². The molecule has 24 heavy (non-hydrogen) atoms. The van der Waals surface area contributed by atoms with Crippen LogP contribution in [0.25, 0.3) is 0 Å². The van der Waals surface area contributed by atoms with E-state index in [-0.39, 0.29) is 30.8 Å². The smallest absolute Gasteiger partial charge is 0.246 e. The molecular weight excluding hydrogens is 417 g/mol. The molecule has 1 aliphatic heterocycles. The van der Waals surface area contributed by atoms with Crippen molar-refractivity contribution in [3.63, 3.8) is 0 Å². The first-order valence-corrected chi connectivity index (χ1v) is 8.83. The van der Waals surface area contributed by atoms with Gasteiger partial charge in [-0.05, 0) is 65.9 Å². The van der Waals surface area contributed by atoms with Gasteiger partial charge in [-0.15, -0.1) is 0 Å². The SMILES string of the molecule is C[C@H]1CC(=O)Nc2ccccc2N1C(=O)CNc1ccc(I)cc1. The fourth-order valence-corrected chi connectivity index (χ4v) is 3.16. The second-order valence-corrected chi connectivity index (χ2v) is 6.99. The maximum absolute atomic E-state index is 12.8. The molecule has 2 amide bonds. The van der Waals surface area contributed by atoms with E-state index in [1.807, 2.05) is 55.5 Å². The molecule has 0 fully saturated rings. The molecule has 3 rings (SSSR count). The van der Waals surface area contributed by atoms with Gasteiger partial charge in [0.2, 0.25) is 11.8 Å². The van der Waals surface area contributed by atoms with Crippen molar-refractivity contribution in [2.75, 3.05) is 22.1 Å². The van der Waals surface area contributed by atoms with Crippen LogP contribution in [-0.2, 0) is 9.59 Å². The summed E-state index contributed by atoms with van der Waals surface area (Å²) in [4.78, 5) is 26.5. The van der Waals surface area contributed by atoms with Gasteiger partial charge in [0.25, 0.3) is 0 Å². The van der Waals surface area contributed by atoms with Crippen LogP contribution in [-0.4, -0.2) is 24.4 Å². The topological polar surface area (TPSA) is 61.4 Å². The summed E-state index contributed by atoms with van der Waals surface area (Å²) in [7, 11) is 0. The Morgan fingerprint density at radius 3 is 2.71 bits per heavy atom. The maximum Gasteiger partial charge on any atom is 0.246 e. The first kappa shape index (κ1) is 16.8. The quantitative estimate of drug-likeness (QED) is 0.727. The van der Waals surface area contributed by atoms with Crippen LogP contribution >= 0.6 is 22.6 Å². The summed E-state index contributed by atoms with van der Waals surface area (Å²) in [5.74, 6) is -0.138. The zero-order valence-electron chi connectivity index (χ0n) is 13.3. The molecule has 0 spiro atoms. The Kier molecular flexibility index (Phi) is 5.03. The Bertz CT molecular complexity index is 761. The van der Waals surface area contributed by atoms with Crippen LogP contribution in [0.4, 0.5) is 17.1 Å². The molecule has 0 bridgehead atoms. The number of amides is 2. The van der Waals surface area contributed by atoms with Gasteiger partial charge in [-0.1, -0.05) is 12.1 Å². The van der Waals surface area contributed by atoms with E-state index in [4.69, 9.17) is 0 Å². The highest BCUT2D eigenvalue weighted by Gasteiger charge is 2.29. The monoisotopic (exact) mass is 435 g/mol. The first-order chi connectivity index (χ1) is 11.5. The highest BCUT2D eigenvalue weighted by atomic mass is 127. The summed E-state index contributed by atoms with van der Waals surface area (Å²) < 4.78 is 1.14. The zero-order chi connectivity index (χ0) is 17.1. The second-order valence-electron chi connectivity index (χ2n) is 5.74. The molecule has 124 valence electrons. The van der Waals surface area contributed by atoms with Crippen LogP contribution in [0.3, 0.4) is 0 Å². The number of carbonyl (C=O) groups is 2. The Labute approximate surface area is 154 Å². The molecule has 0 aromatic heterocycles. The van der Waals surface area contributed by atoms with Crippen molar-refractivity contribution in [3.05, 3.63) is 52.1 Å². The molecular formula is C18H18IN3O2. The third-order valence-corrected chi connectivity index (χ3v) is 4.64. The minimum atomic E-state index is -0.195. The number of halogens is 1. The summed E-state index contributed by atoms with van der Waals surface area (Å²) in [5, 5.41) is 6.02. The molecule has 5 nitrogen and oxygen atoms in total. The first-order valence-electron chi connectivity index (χ1n) is 7.75. The average Bonchev–Trinajstić information content (AvgIpc) is 2.68. The van der Waals surface area contributed by atoms with Gasteiger partial charge in [-0.2, -0.15) is 0 Å². The molecule has 2 aromatic carbocycles. The molecule has 2 aromatic rings. The normalized spacial score (nSPS) is 16.8. The van der Waals surface area contributed by atoms with Gasteiger partial charge in [0.15, 0.2) is 0 Å². The van der Waals surface area contributed by atoms with Crippen molar-refractivity contribution < 1.29 is 9.59 Å². The number of benzene rings is 2. The Hall–Kier alpha value is -2.09. The molecule has 1 heterocycles. The van der Waals surface area contributed by atoms with E-state index in [0.29, 0.717) is 5.69 Å². The number of para-hydroxylation sites is 2. The van der Waals surface area contributed by atoms with E-state index < -0.39 is 0 Å². The number of fused-ring (bicyclic) bond motifs is 1. The predicted molar refractivity (Wildman–Crippen MR) is 104 cm³/mol. The molecule has 0 radical (unpaired) electrons. The number of nitrogens with zero attached hydrogens (tertiary/aromatic N) is 1. The lowest BCUT2D eigenvalue weighted by molar-refractivity contribution is -0.118. The van der Waals surface area contributed by atoms with E-state index in [2.05, 4.69) is 33.2 Å². The molecule has 6 heteroatoms. The van der Waals surface area contributed by atoms with Gasteiger partial charge < -0.3 is 15.5 Å². The van der Waals surface area contributed by atoms with Gasteiger partial charge in [-0.25, -0.2) is 0 Å². The van der Waals surface area contributed by atoms with Gasteiger partial charge in [0.05, 0.1) is 17.9 Å². The fraction of sp³-hybridized carbons (Fsp3) is 0.222. The van der Waals surface area contributed by atoms with Gasteiger partial charge in [0.1, 0.15) is 0 Å². The average molecular weight is 435 g/mol. The zero-order valence-corrected chi connectivity index (χ0v) is 15.4. The Morgan fingerprint density at radius 2 is 1.96 bits per heavy atom. The van der Waals surface area contributed by atoms with Crippen LogP contribution in [0.5, 0.6) is 0 Å². The highest BCUT2D eigenvalue weighted by molar-refractivity contribution is 14.1. The van der Waals surface area contributed by atoms with Crippen LogP contribution in [0.1, 0.15) is 13.3 Å². The van der Waals surface area contributed by atoms with Crippen molar-refractivity contribution in [1.29, 1.82) is 0 Å². The van der Waals surface area contributed by atoms with Gasteiger partial charge in [0, 0.05) is 21.7 Å². The summed E-state index contributed by atoms with van der Waals surface area (Å²) in [6.45, 7) is 2.07. The van der Waals surface area contributed by atoms with Crippen molar-refractivity contribution in [1.82, 2.24) is 0 Å². The van der Waals surface area contributed by atoms with Gasteiger partial charge >= 0.3 is 0 Å². The van der Waals surface area contributed by atoms with Gasteiger partial charge in [-0.3, -0.25) is 9.59 Å². The standard InChI is InChI=1S/C18H18IN3O2/c1-12-10-17(23)21-15-4-2-3-5-16(15)22(12)18(24)11-20-14-8-6-13(19)7-9-14/h2-9,12,20H,10-11H2,1H3,(H,21,23)/t12-/m0/s1. The maximum atomic E-state index is 12.8. The summed E-state index contributed by atoms with van der Waals surface area (Å²) in [6, 6.07) is 15.1. The number of carbonyl (C=O) groups excluding carboxylic acids is 2. The Morgan fingerprint density at radius 1 is 1.25 bits per heavy atom. The molecule has 0 saturated carbocycles. The minimum absolute atomic E-state index is 0.0648. The van der Waals surface area contributed by atoms with E-state index in [0.717, 1.165) is 14.9 Å². The van der Waals surface area contributed by atoms with Crippen LogP contribution in [0.15, 0.2) is 48.5 Å². The summed E-state index contributed by atoms with van der Waals surface area (Å²) in [5.41, 5.74) is 2.31. The van der Waals surface area contributed by atoms with Crippen LogP contribution < -0.4 is 15.5 Å². The number of anilines is 3. The molecule has 0 saturated heterocycles. The van der Waals surface area contributed by atoms with Crippen LogP contribution in [0, 0.1) is 3.57 Å². The highest BCUT2D eigenvalue weighted by Crippen LogP contribution is 2.31. The molecule has 0 aliphatic carbocycles. The summed E-state index contributed by atoms with van der Waals surface area (Å²) >= 11 is 2.24. The second kappa shape index (κ2) is 7.21. The van der Waals surface area contributed by atoms with Crippen molar-refractivity contribution >= 4 is 51.5 Å². The van der Waals surface area contributed by atoms with Crippen LogP contribution in [0.2, 0.25) is 0 Å². The number of nitrogens with one attached hydrogen (secondary N) is 2. The lowest BCUT2D eigenvalue weighted by Crippen LogP contribution is -2.42. The lowest BCUT2D eigenvalue weighted by Gasteiger charge is -2.28. The molecule has 1 atom stereocenters. The molecule has 2 N–H and O–H groups in total. The van der Waals surface area contributed by atoms with Crippen molar-refractivity contribution in [2.24, 2.45) is 0 Å². The third kappa shape index (κ3) is 3.69. The minimum Gasteiger partial charge on any atom is -0.376 e. The number of hydrogen-bond acceptors (Lipinski definition) is 3. The van der Waals surface area contributed by atoms with E-state index in [1.165, 1.54) is 0 Å². The van der Waals surface area contributed by atoms with Crippen molar-refractivity contribution in [2.45, 2.75) is 19.4 Å². The molecule has 0 unspecified atom stereocenters. The summed E-state index contributed by atoms with van der Waals surface area (Å²) in [6.07, 6.45) is 0.282. The predicted octanol–water partition coefficient (Wildman–Crippen LogP) is 3.47. The fourth-order valence-electron chi connectivity index (χ4n) is 2.80. The van der Waals surface area contributed by atoms with E-state index in [9.17, 15) is 9.59 Å². The van der Waals surface area contributed by atoms with E-state index >= 15 is 0 Å². The largest absolute Gasteiger partial charge is 0.376 e. The molecule has 1 aliphatic rings. The Balaban J connectivity index is 1.79. The number of hydrogen-bond donors (Lipinski definition) is 2. The number of rotatable bonds is 3. The lowest BCUT2D eigenvalue weighted by atomic mass is 10.1. The third-order valence-electron chi connectivity index (χ3n) is 3.92.